The Morgan fingerprint density at radius 3 is 2.46 bits per heavy atom. The molecule has 0 bridgehead atoms. The molecule has 4 rings (SSSR count). The van der Waals surface area contributed by atoms with Gasteiger partial charge in [0.2, 0.25) is 0 Å². The highest BCUT2D eigenvalue weighted by Gasteiger charge is 2.26. The molecular formula is C27H26Cl2N4O2. The van der Waals surface area contributed by atoms with Gasteiger partial charge in [-0.1, -0.05) is 65.7 Å². The predicted octanol–water partition coefficient (Wildman–Crippen LogP) is 6.56. The molecule has 2 amide bonds. The monoisotopic (exact) mass is 508 g/mol. The molecule has 1 aromatic heterocycles. The fourth-order valence-corrected chi connectivity index (χ4v) is 4.38. The summed E-state index contributed by atoms with van der Waals surface area (Å²) in [5.74, 6) is 0.536. The van der Waals surface area contributed by atoms with Gasteiger partial charge < -0.3 is 10.2 Å². The van der Waals surface area contributed by atoms with E-state index in [1.165, 1.54) is 0 Å². The van der Waals surface area contributed by atoms with Gasteiger partial charge >= 0.3 is 6.03 Å². The summed E-state index contributed by atoms with van der Waals surface area (Å²) in [7, 11) is 0. The predicted molar refractivity (Wildman–Crippen MR) is 142 cm³/mol. The van der Waals surface area contributed by atoms with Gasteiger partial charge in [0.15, 0.2) is 0 Å². The molecule has 1 N–H and O–H groups in total. The molecule has 4 aromatic rings. The number of rotatable bonds is 7. The molecule has 1 atom stereocenters. The van der Waals surface area contributed by atoms with Gasteiger partial charge in [-0.25, -0.2) is 9.78 Å². The van der Waals surface area contributed by atoms with E-state index in [-0.39, 0.29) is 11.6 Å². The third-order valence-corrected chi connectivity index (χ3v) is 6.70. The van der Waals surface area contributed by atoms with Crippen LogP contribution in [0.4, 0.5) is 10.5 Å². The van der Waals surface area contributed by atoms with Crippen molar-refractivity contribution in [3.63, 3.8) is 0 Å². The second-order valence-electron chi connectivity index (χ2n) is 8.20. The van der Waals surface area contributed by atoms with Gasteiger partial charge in [0.05, 0.1) is 27.0 Å². The lowest BCUT2D eigenvalue weighted by molar-refractivity contribution is 0.189. The number of urea groups is 1. The molecule has 35 heavy (non-hydrogen) atoms. The van der Waals surface area contributed by atoms with Gasteiger partial charge in [0.1, 0.15) is 5.82 Å². The van der Waals surface area contributed by atoms with Crippen LogP contribution in [0.2, 0.25) is 10.0 Å². The van der Waals surface area contributed by atoms with E-state index in [1.54, 1.807) is 33.7 Å². The van der Waals surface area contributed by atoms with Crippen molar-refractivity contribution in [2.45, 2.75) is 32.9 Å². The fraction of sp³-hybridized carbons (Fsp3) is 0.222. The van der Waals surface area contributed by atoms with Crippen molar-refractivity contribution in [1.29, 1.82) is 0 Å². The summed E-state index contributed by atoms with van der Waals surface area (Å²) in [6, 6.07) is 21.4. The smallest absolute Gasteiger partial charge is 0.314 e. The first kappa shape index (κ1) is 24.8. The van der Waals surface area contributed by atoms with Crippen LogP contribution in [0, 0.1) is 0 Å². The first-order chi connectivity index (χ1) is 16.9. The van der Waals surface area contributed by atoms with Crippen LogP contribution >= 0.6 is 23.2 Å². The minimum atomic E-state index is -0.473. The number of aromatic nitrogens is 2. The Morgan fingerprint density at radius 2 is 1.74 bits per heavy atom. The molecule has 6 nitrogen and oxygen atoms in total. The lowest BCUT2D eigenvalue weighted by Gasteiger charge is -2.30. The van der Waals surface area contributed by atoms with Gasteiger partial charge in [0, 0.05) is 18.8 Å². The van der Waals surface area contributed by atoms with Crippen LogP contribution in [-0.4, -0.2) is 27.0 Å². The number of anilines is 1. The third kappa shape index (κ3) is 5.50. The second kappa shape index (κ2) is 10.9. The average Bonchev–Trinajstić information content (AvgIpc) is 2.87. The first-order valence-corrected chi connectivity index (χ1v) is 12.2. The largest absolute Gasteiger partial charge is 0.322 e. The fourth-order valence-electron chi connectivity index (χ4n) is 4.08. The lowest BCUT2D eigenvalue weighted by Crippen LogP contribution is -2.41. The highest BCUT2D eigenvalue weighted by Crippen LogP contribution is 2.26. The van der Waals surface area contributed by atoms with Crippen LogP contribution < -0.4 is 10.9 Å². The molecule has 1 heterocycles. The SMILES string of the molecule is CCn1c(C(C)N(CCc2ccccc2)C(=O)Nc2ccc(Cl)c(Cl)c2)nc2ccccc2c1=O. The minimum absolute atomic E-state index is 0.118. The molecule has 0 spiro atoms. The Hall–Kier alpha value is -3.35. The summed E-state index contributed by atoms with van der Waals surface area (Å²) < 4.78 is 1.63. The van der Waals surface area contributed by atoms with Gasteiger partial charge in [0.25, 0.3) is 5.56 Å². The van der Waals surface area contributed by atoms with Crippen molar-refractivity contribution < 1.29 is 4.79 Å². The number of nitrogens with one attached hydrogen (secondary N) is 1. The lowest BCUT2D eigenvalue weighted by atomic mass is 10.1. The molecule has 3 aromatic carbocycles. The zero-order valence-corrected chi connectivity index (χ0v) is 21.1. The van der Waals surface area contributed by atoms with Crippen LogP contribution in [0.5, 0.6) is 0 Å². The number of hydrogen-bond acceptors (Lipinski definition) is 3. The maximum Gasteiger partial charge on any atom is 0.322 e. The van der Waals surface area contributed by atoms with Gasteiger partial charge in [-0.15, -0.1) is 0 Å². The van der Waals surface area contributed by atoms with Gasteiger partial charge in [-0.2, -0.15) is 0 Å². The zero-order chi connectivity index (χ0) is 24.9. The molecule has 0 saturated carbocycles. The third-order valence-electron chi connectivity index (χ3n) is 5.96. The van der Waals surface area contributed by atoms with Crippen LogP contribution in [0.25, 0.3) is 10.9 Å². The minimum Gasteiger partial charge on any atom is -0.314 e. The average molecular weight is 509 g/mol. The normalized spacial score (nSPS) is 11.9. The van der Waals surface area contributed by atoms with E-state index in [0.29, 0.717) is 52.0 Å². The number of carbonyl (C=O) groups excluding carboxylic acids is 1. The zero-order valence-electron chi connectivity index (χ0n) is 19.5. The topological polar surface area (TPSA) is 67.2 Å². The summed E-state index contributed by atoms with van der Waals surface area (Å²) in [6.45, 7) is 4.66. The number of nitrogens with zero attached hydrogens (tertiary/aromatic N) is 3. The number of amides is 2. The molecule has 180 valence electrons. The van der Waals surface area contributed by atoms with E-state index in [4.69, 9.17) is 28.2 Å². The Morgan fingerprint density at radius 1 is 1.03 bits per heavy atom. The van der Waals surface area contributed by atoms with Gasteiger partial charge in [-0.3, -0.25) is 9.36 Å². The number of halogens is 2. The molecular weight excluding hydrogens is 483 g/mol. The number of fused-ring (bicyclic) bond motifs is 1. The maximum atomic E-state index is 13.5. The number of carbonyl (C=O) groups is 1. The Bertz CT molecular complexity index is 1410. The summed E-state index contributed by atoms with van der Waals surface area (Å²) >= 11 is 12.2. The molecule has 1 unspecified atom stereocenters. The van der Waals surface area contributed by atoms with E-state index in [1.807, 2.05) is 62.4 Å². The molecule has 0 fully saturated rings. The molecule has 0 aliphatic carbocycles. The van der Waals surface area contributed by atoms with Crippen molar-refractivity contribution in [2.75, 3.05) is 11.9 Å². The van der Waals surface area contributed by atoms with E-state index < -0.39 is 6.04 Å². The molecule has 8 heteroatoms. The Balaban J connectivity index is 1.71. The summed E-state index contributed by atoms with van der Waals surface area (Å²) in [4.78, 5) is 33.2. The van der Waals surface area contributed by atoms with E-state index in [9.17, 15) is 9.59 Å². The van der Waals surface area contributed by atoms with Crippen molar-refractivity contribution in [3.05, 3.63) is 105 Å². The summed E-state index contributed by atoms with van der Waals surface area (Å²) in [5.41, 5.74) is 2.12. The second-order valence-corrected chi connectivity index (χ2v) is 9.01. The first-order valence-electron chi connectivity index (χ1n) is 11.4. The van der Waals surface area contributed by atoms with Crippen molar-refractivity contribution >= 4 is 45.8 Å². The number of hydrogen-bond donors (Lipinski definition) is 1. The highest BCUT2D eigenvalue weighted by molar-refractivity contribution is 6.42. The molecule has 0 aliphatic rings. The maximum absolute atomic E-state index is 13.5. The van der Waals surface area contributed by atoms with Crippen LogP contribution in [0.1, 0.15) is 31.3 Å². The number of para-hydroxylation sites is 1. The Labute approximate surface area is 214 Å². The molecule has 0 saturated heterocycles. The highest BCUT2D eigenvalue weighted by atomic mass is 35.5. The quantitative estimate of drug-likeness (QED) is 0.307. The van der Waals surface area contributed by atoms with Crippen LogP contribution in [-0.2, 0) is 13.0 Å². The van der Waals surface area contributed by atoms with Crippen LogP contribution in [0.15, 0.2) is 77.6 Å². The standard InChI is InChI=1S/C27H26Cl2N4O2/c1-3-32-25(31-24-12-8-7-11-21(24)26(32)34)18(2)33(16-15-19-9-5-4-6-10-19)27(35)30-20-13-14-22(28)23(29)17-20/h4-14,17-18H,3,15-16H2,1-2H3,(H,30,35). The molecule has 0 radical (unpaired) electrons. The van der Waals surface area contributed by atoms with Crippen molar-refractivity contribution in [3.8, 4) is 0 Å². The molecule has 0 aliphatic heterocycles. The summed E-state index contributed by atoms with van der Waals surface area (Å²) in [6.07, 6.45) is 0.643. The van der Waals surface area contributed by atoms with Crippen molar-refractivity contribution in [2.24, 2.45) is 0 Å². The van der Waals surface area contributed by atoms with E-state index in [0.717, 1.165) is 5.56 Å². The van der Waals surface area contributed by atoms with E-state index in [2.05, 4.69) is 5.32 Å². The Kier molecular flexibility index (Phi) is 7.73. The summed E-state index contributed by atoms with van der Waals surface area (Å²) in [5, 5.41) is 4.23. The van der Waals surface area contributed by atoms with E-state index >= 15 is 0 Å². The van der Waals surface area contributed by atoms with Crippen molar-refractivity contribution in [1.82, 2.24) is 14.5 Å². The van der Waals surface area contributed by atoms with Gasteiger partial charge in [-0.05, 0) is 56.2 Å². The number of benzene rings is 3. The van der Waals surface area contributed by atoms with Crippen LogP contribution in [0.3, 0.4) is 0 Å².